The molecule has 0 saturated heterocycles. The molecule has 1 aromatic heterocycles. The number of likely N-dealkylation sites (N-methyl/N-ethyl adjacent to an activating group) is 1. The Labute approximate surface area is 129 Å². The average Bonchev–Trinajstić information content (AvgIpc) is 2.81. The highest BCUT2D eigenvalue weighted by atomic mass is 35.5. The van der Waals surface area contributed by atoms with Gasteiger partial charge in [0, 0.05) is 37.9 Å². The fourth-order valence-electron chi connectivity index (χ4n) is 2.27. The van der Waals surface area contributed by atoms with E-state index in [0.717, 1.165) is 17.7 Å². The number of halogens is 2. The van der Waals surface area contributed by atoms with Gasteiger partial charge in [0.15, 0.2) is 0 Å². The van der Waals surface area contributed by atoms with Crippen LogP contribution in [0.2, 0.25) is 10.0 Å². The highest BCUT2D eigenvalue weighted by Crippen LogP contribution is 2.32. The molecule has 0 saturated carbocycles. The van der Waals surface area contributed by atoms with E-state index in [4.69, 9.17) is 28.9 Å². The molecule has 0 bridgehead atoms. The molecular weight excluding hydrogens is 295 g/mol. The van der Waals surface area contributed by atoms with Gasteiger partial charge in [-0.3, -0.25) is 9.58 Å². The van der Waals surface area contributed by atoms with Gasteiger partial charge >= 0.3 is 0 Å². The third kappa shape index (κ3) is 3.33. The van der Waals surface area contributed by atoms with Gasteiger partial charge in [-0.1, -0.05) is 35.3 Å². The van der Waals surface area contributed by atoms with E-state index in [1.165, 1.54) is 0 Å². The van der Waals surface area contributed by atoms with Crippen LogP contribution in [0.5, 0.6) is 0 Å². The summed E-state index contributed by atoms with van der Waals surface area (Å²) in [6.07, 6.45) is 3.84. The largest absolute Gasteiger partial charge is 0.329 e. The lowest BCUT2D eigenvalue weighted by Crippen LogP contribution is -2.30. The number of aryl methyl sites for hydroxylation is 1. The van der Waals surface area contributed by atoms with Crippen LogP contribution in [0.1, 0.15) is 17.2 Å². The summed E-state index contributed by atoms with van der Waals surface area (Å²) in [5.74, 6) is 0. The van der Waals surface area contributed by atoms with Gasteiger partial charge in [-0.15, -0.1) is 0 Å². The third-order valence-electron chi connectivity index (χ3n) is 3.29. The smallest absolute Gasteiger partial charge is 0.0640 e. The molecule has 1 atom stereocenters. The monoisotopic (exact) mass is 312 g/mol. The Morgan fingerprint density at radius 1 is 1.40 bits per heavy atom. The predicted octanol–water partition coefficient (Wildman–Crippen LogP) is 2.86. The minimum Gasteiger partial charge on any atom is -0.329 e. The van der Waals surface area contributed by atoms with E-state index in [9.17, 15) is 0 Å². The first-order valence-corrected chi connectivity index (χ1v) is 7.10. The highest BCUT2D eigenvalue weighted by Gasteiger charge is 2.19. The molecule has 1 heterocycles. The maximum atomic E-state index is 6.29. The molecule has 20 heavy (non-hydrogen) atoms. The maximum absolute atomic E-state index is 6.29. The van der Waals surface area contributed by atoms with Crippen LogP contribution >= 0.6 is 23.2 Å². The molecule has 0 aliphatic carbocycles. The minimum absolute atomic E-state index is 0.0152. The minimum atomic E-state index is 0.0152. The first-order valence-electron chi connectivity index (χ1n) is 6.34. The number of nitrogens with two attached hydrogens (primary N) is 1. The molecule has 0 spiro atoms. The zero-order valence-electron chi connectivity index (χ0n) is 11.6. The van der Waals surface area contributed by atoms with E-state index in [-0.39, 0.29) is 6.04 Å². The number of nitrogens with zero attached hydrogens (tertiary/aromatic N) is 3. The van der Waals surface area contributed by atoms with Crippen molar-refractivity contribution in [1.82, 2.24) is 14.7 Å². The Morgan fingerprint density at radius 2 is 2.15 bits per heavy atom. The first-order chi connectivity index (χ1) is 9.52. The second-order valence-electron chi connectivity index (χ2n) is 4.83. The van der Waals surface area contributed by atoms with Crippen molar-refractivity contribution >= 4 is 23.2 Å². The quantitative estimate of drug-likeness (QED) is 0.923. The molecule has 1 aromatic carbocycles. The van der Waals surface area contributed by atoms with Gasteiger partial charge in [-0.25, -0.2) is 0 Å². The van der Waals surface area contributed by atoms with Gasteiger partial charge in [0.25, 0.3) is 0 Å². The van der Waals surface area contributed by atoms with E-state index >= 15 is 0 Å². The third-order valence-corrected chi connectivity index (χ3v) is 4.12. The van der Waals surface area contributed by atoms with Crippen LogP contribution in [0, 0.1) is 0 Å². The normalized spacial score (nSPS) is 12.9. The van der Waals surface area contributed by atoms with Gasteiger partial charge in [-0.05, 0) is 18.7 Å². The van der Waals surface area contributed by atoms with Gasteiger partial charge in [0.05, 0.1) is 16.2 Å². The van der Waals surface area contributed by atoms with Crippen molar-refractivity contribution in [2.75, 3.05) is 13.6 Å². The van der Waals surface area contributed by atoms with Crippen molar-refractivity contribution in [2.24, 2.45) is 12.8 Å². The van der Waals surface area contributed by atoms with E-state index in [2.05, 4.69) is 10.00 Å². The fraction of sp³-hybridized carbons (Fsp3) is 0.357. The number of rotatable bonds is 5. The van der Waals surface area contributed by atoms with E-state index in [1.807, 2.05) is 38.6 Å². The second-order valence-corrected chi connectivity index (χ2v) is 5.62. The summed E-state index contributed by atoms with van der Waals surface area (Å²) in [4.78, 5) is 2.15. The fourth-order valence-corrected chi connectivity index (χ4v) is 2.71. The molecule has 6 heteroatoms. The summed E-state index contributed by atoms with van der Waals surface area (Å²) in [7, 11) is 3.92. The molecule has 0 radical (unpaired) electrons. The van der Waals surface area contributed by atoms with Crippen molar-refractivity contribution in [3.63, 3.8) is 0 Å². The van der Waals surface area contributed by atoms with Crippen molar-refractivity contribution in [2.45, 2.75) is 12.6 Å². The van der Waals surface area contributed by atoms with Crippen LogP contribution in [0.4, 0.5) is 0 Å². The topological polar surface area (TPSA) is 47.1 Å². The van der Waals surface area contributed by atoms with E-state index < -0.39 is 0 Å². The van der Waals surface area contributed by atoms with Crippen molar-refractivity contribution in [3.8, 4) is 0 Å². The Morgan fingerprint density at radius 3 is 2.75 bits per heavy atom. The first kappa shape index (κ1) is 15.3. The summed E-state index contributed by atoms with van der Waals surface area (Å²) >= 11 is 12.4. The molecule has 2 aromatic rings. The molecule has 0 aliphatic heterocycles. The second kappa shape index (κ2) is 6.59. The number of hydrogen-bond donors (Lipinski definition) is 1. The summed E-state index contributed by atoms with van der Waals surface area (Å²) in [5.41, 5.74) is 8.00. The van der Waals surface area contributed by atoms with Crippen LogP contribution < -0.4 is 5.73 Å². The summed E-state index contributed by atoms with van der Waals surface area (Å²) in [6, 6.07) is 5.65. The lowest BCUT2D eigenvalue weighted by Gasteiger charge is -2.27. The number of hydrogen-bond acceptors (Lipinski definition) is 3. The van der Waals surface area contributed by atoms with Crippen LogP contribution in [0.15, 0.2) is 30.6 Å². The lowest BCUT2D eigenvalue weighted by atomic mass is 10.1. The molecule has 2 N–H and O–H groups in total. The SMILES string of the molecule is CN(Cc1cnn(C)c1)C(CN)c1cccc(Cl)c1Cl. The molecule has 0 amide bonds. The van der Waals surface area contributed by atoms with Crippen LogP contribution in [-0.2, 0) is 13.6 Å². The molecule has 0 fully saturated rings. The standard InChI is InChI=1S/C14H18Cl2N4/c1-19(8-10-7-18-20(2)9-10)13(6-17)11-4-3-5-12(15)14(11)16/h3-5,7,9,13H,6,8,17H2,1-2H3. The van der Waals surface area contributed by atoms with Gasteiger partial charge < -0.3 is 5.73 Å². The van der Waals surface area contributed by atoms with E-state index in [0.29, 0.717) is 16.6 Å². The Hall–Kier alpha value is -1.07. The zero-order chi connectivity index (χ0) is 14.7. The molecule has 0 aliphatic rings. The molecule has 108 valence electrons. The van der Waals surface area contributed by atoms with Crippen LogP contribution in [-0.4, -0.2) is 28.3 Å². The predicted molar refractivity (Wildman–Crippen MR) is 82.9 cm³/mol. The average molecular weight is 313 g/mol. The summed E-state index contributed by atoms with van der Waals surface area (Å²) in [6.45, 7) is 1.22. The lowest BCUT2D eigenvalue weighted by molar-refractivity contribution is 0.242. The number of aromatic nitrogens is 2. The van der Waals surface area contributed by atoms with Crippen molar-refractivity contribution < 1.29 is 0 Å². The van der Waals surface area contributed by atoms with Gasteiger partial charge in [-0.2, -0.15) is 5.10 Å². The molecular formula is C14H18Cl2N4. The van der Waals surface area contributed by atoms with Crippen LogP contribution in [0.3, 0.4) is 0 Å². The molecule has 2 rings (SSSR count). The van der Waals surface area contributed by atoms with Gasteiger partial charge in [0.2, 0.25) is 0 Å². The van der Waals surface area contributed by atoms with Gasteiger partial charge in [0.1, 0.15) is 0 Å². The molecule has 4 nitrogen and oxygen atoms in total. The maximum Gasteiger partial charge on any atom is 0.0640 e. The van der Waals surface area contributed by atoms with E-state index in [1.54, 1.807) is 10.7 Å². The van der Waals surface area contributed by atoms with Crippen LogP contribution in [0.25, 0.3) is 0 Å². The number of benzene rings is 1. The Bertz CT molecular complexity index is 582. The van der Waals surface area contributed by atoms with Crippen molar-refractivity contribution in [3.05, 3.63) is 51.8 Å². The Kier molecular flexibility index (Phi) is 5.05. The van der Waals surface area contributed by atoms with Crippen molar-refractivity contribution in [1.29, 1.82) is 0 Å². The molecule has 1 unspecified atom stereocenters. The summed E-state index contributed by atoms with van der Waals surface area (Å²) < 4.78 is 1.78. The Balaban J connectivity index is 2.20. The summed E-state index contributed by atoms with van der Waals surface area (Å²) in [5, 5.41) is 5.30. The zero-order valence-corrected chi connectivity index (χ0v) is 13.1. The highest BCUT2D eigenvalue weighted by molar-refractivity contribution is 6.42.